The zero-order chi connectivity index (χ0) is 10.9. The predicted octanol–water partition coefficient (Wildman–Crippen LogP) is 1.44. The van der Waals surface area contributed by atoms with Gasteiger partial charge in [-0.15, -0.1) is 0 Å². The molecule has 1 aliphatic carbocycles. The Bertz CT molecular complexity index is 256. The molecule has 0 atom stereocenters. The molecule has 1 saturated carbocycles. The first-order chi connectivity index (χ1) is 6.45. The van der Waals surface area contributed by atoms with Gasteiger partial charge in [0.25, 0.3) is 0 Å². The normalized spacial score (nSPS) is 17.8. The lowest BCUT2D eigenvalue weighted by molar-refractivity contribution is -0.127. The second-order valence-corrected chi connectivity index (χ2v) is 4.08. The summed E-state index contributed by atoms with van der Waals surface area (Å²) in [5.74, 6) is 0.0926. The van der Waals surface area contributed by atoms with Gasteiger partial charge in [-0.3, -0.25) is 9.69 Å². The van der Waals surface area contributed by atoms with Crippen LogP contribution in [0.15, 0.2) is 0 Å². The molecule has 0 aromatic carbocycles. The number of carbonyl (C=O) groups excluding carboxylic acids is 2. The Morgan fingerprint density at radius 3 is 2.14 bits per heavy atom. The minimum atomic E-state index is -0.568. The van der Waals surface area contributed by atoms with Crippen molar-refractivity contribution in [2.24, 2.45) is 5.92 Å². The molecule has 0 aliphatic heterocycles. The van der Waals surface area contributed by atoms with Crippen LogP contribution in [0.25, 0.3) is 0 Å². The largest absolute Gasteiger partial charge is 0.453 e. The lowest BCUT2D eigenvalue weighted by atomic mass is 9.99. The number of rotatable bonds is 3. The number of amides is 1. The number of nitrogens with zero attached hydrogens (tertiary/aromatic N) is 1. The number of methoxy groups -OCH3 is 1. The Morgan fingerprint density at radius 2 is 1.86 bits per heavy atom. The third kappa shape index (κ3) is 1.61. The van der Waals surface area contributed by atoms with E-state index >= 15 is 0 Å². The average molecular weight is 199 g/mol. The molecule has 1 amide bonds. The summed E-state index contributed by atoms with van der Waals surface area (Å²) in [4.78, 5) is 24.5. The van der Waals surface area contributed by atoms with Crippen LogP contribution in [-0.4, -0.2) is 36.5 Å². The van der Waals surface area contributed by atoms with Gasteiger partial charge in [0.15, 0.2) is 5.78 Å². The molecule has 0 saturated heterocycles. The maximum absolute atomic E-state index is 11.8. The molecule has 0 N–H and O–H groups in total. The van der Waals surface area contributed by atoms with Crippen LogP contribution >= 0.6 is 0 Å². The van der Waals surface area contributed by atoms with Crippen LogP contribution < -0.4 is 0 Å². The van der Waals surface area contributed by atoms with Crippen LogP contribution in [0.3, 0.4) is 0 Å². The smallest absolute Gasteiger partial charge is 0.410 e. The summed E-state index contributed by atoms with van der Waals surface area (Å²) in [7, 11) is 2.95. The molecular weight excluding hydrogens is 182 g/mol. The molecule has 4 nitrogen and oxygen atoms in total. The van der Waals surface area contributed by atoms with Crippen LogP contribution in [-0.2, 0) is 9.53 Å². The van der Waals surface area contributed by atoms with E-state index in [1.807, 2.05) is 13.8 Å². The van der Waals surface area contributed by atoms with Gasteiger partial charge in [-0.2, -0.15) is 0 Å². The van der Waals surface area contributed by atoms with E-state index in [1.54, 1.807) is 7.05 Å². The number of carbonyl (C=O) groups is 2. The molecular formula is C10H17NO3. The van der Waals surface area contributed by atoms with Crippen LogP contribution in [0.2, 0.25) is 0 Å². The first-order valence-electron chi connectivity index (χ1n) is 4.82. The molecule has 0 spiro atoms. The van der Waals surface area contributed by atoms with Gasteiger partial charge in [0.1, 0.15) is 5.54 Å². The van der Waals surface area contributed by atoms with E-state index in [4.69, 9.17) is 0 Å². The van der Waals surface area contributed by atoms with Gasteiger partial charge in [-0.05, 0) is 12.8 Å². The molecule has 1 fully saturated rings. The maximum Gasteiger partial charge on any atom is 0.410 e. The molecule has 0 radical (unpaired) electrons. The Kier molecular flexibility index (Phi) is 2.83. The zero-order valence-electron chi connectivity index (χ0n) is 9.16. The fourth-order valence-corrected chi connectivity index (χ4v) is 1.71. The molecule has 80 valence electrons. The van der Waals surface area contributed by atoms with E-state index in [0.717, 1.165) is 12.8 Å². The standard InChI is InChI=1S/C10H17NO3/c1-7(2)8(12)10(5-6-10)11(3)9(13)14-4/h7H,5-6H2,1-4H3. The summed E-state index contributed by atoms with van der Waals surface area (Å²) < 4.78 is 4.60. The quantitative estimate of drug-likeness (QED) is 0.691. The average Bonchev–Trinajstić information content (AvgIpc) is 2.95. The van der Waals surface area contributed by atoms with Gasteiger partial charge in [0.2, 0.25) is 0 Å². The highest BCUT2D eigenvalue weighted by molar-refractivity contribution is 5.95. The molecule has 0 bridgehead atoms. The molecule has 0 heterocycles. The highest BCUT2D eigenvalue weighted by Crippen LogP contribution is 2.43. The predicted molar refractivity (Wildman–Crippen MR) is 52.0 cm³/mol. The summed E-state index contributed by atoms with van der Waals surface area (Å²) in [5, 5.41) is 0. The van der Waals surface area contributed by atoms with E-state index in [1.165, 1.54) is 12.0 Å². The lowest BCUT2D eigenvalue weighted by Gasteiger charge is -2.26. The van der Waals surface area contributed by atoms with Gasteiger partial charge < -0.3 is 4.74 Å². The van der Waals surface area contributed by atoms with Crippen LogP contribution in [0.4, 0.5) is 4.79 Å². The van der Waals surface area contributed by atoms with Crippen molar-refractivity contribution in [2.45, 2.75) is 32.2 Å². The van der Waals surface area contributed by atoms with Crippen molar-refractivity contribution in [1.82, 2.24) is 4.90 Å². The number of likely N-dealkylation sites (N-methyl/N-ethyl adjacent to an activating group) is 1. The Hall–Kier alpha value is -1.06. The van der Waals surface area contributed by atoms with Crippen molar-refractivity contribution in [2.75, 3.05) is 14.2 Å². The Morgan fingerprint density at radius 1 is 1.36 bits per heavy atom. The van der Waals surface area contributed by atoms with E-state index in [-0.39, 0.29) is 11.7 Å². The first-order valence-corrected chi connectivity index (χ1v) is 4.82. The maximum atomic E-state index is 11.8. The van der Waals surface area contributed by atoms with Gasteiger partial charge in [-0.1, -0.05) is 13.8 Å². The highest BCUT2D eigenvalue weighted by Gasteiger charge is 2.55. The van der Waals surface area contributed by atoms with Crippen molar-refractivity contribution in [3.8, 4) is 0 Å². The van der Waals surface area contributed by atoms with Crippen LogP contribution in [0.5, 0.6) is 0 Å². The van der Waals surface area contributed by atoms with Crippen LogP contribution in [0.1, 0.15) is 26.7 Å². The minimum absolute atomic E-state index is 0.0374. The third-order valence-electron chi connectivity index (χ3n) is 2.80. The summed E-state index contributed by atoms with van der Waals surface area (Å²) in [6.45, 7) is 3.71. The number of hydrogen-bond donors (Lipinski definition) is 0. The van der Waals surface area contributed by atoms with E-state index in [9.17, 15) is 9.59 Å². The second-order valence-electron chi connectivity index (χ2n) is 4.08. The Labute approximate surface area is 84.2 Å². The summed E-state index contributed by atoms with van der Waals surface area (Å²) >= 11 is 0. The lowest BCUT2D eigenvalue weighted by Crippen LogP contribution is -2.46. The molecule has 4 heteroatoms. The number of Topliss-reactive ketones (excluding diaryl/α,β-unsaturated/α-hetero) is 1. The molecule has 1 aliphatic rings. The van der Waals surface area contributed by atoms with E-state index < -0.39 is 11.6 Å². The van der Waals surface area contributed by atoms with Gasteiger partial charge in [0.05, 0.1) is 7.11 Å². The summed E-state index contributed by atoms with van der Waals surface area (Å²) in [6.07, 6.45) is 1.09. The van der Waals surface area contributed by atoms with Crippen molar-refractivity contribution in [3.05, 3.63) is 0 Å². The fraction of sp³-hybridized carbons (Fsp3) is 0.800. The van der Waals surface area contributed by atoms with Crippen LogP contribution in [0, 0.1) is 5.92 Å². The molecule has 14 heavy (non-hydrogen) atoms. The van der Waals surface area contributed by atoms with Crippen molar-refractivity contribution in [3.63, 3.8) is 0 Å². The third-order valence-corrected chi connectivity index (χ3v) is 2.80. The van der Waals surface area contributed by atoms with E-state index in [2.05, 4.69) is 4.74 Å². The van der Waals surface area contributed by atoms with Gasteiger partial charge in [-0.25, -0.2) is 4.79 Å². The summed E-state index contributed by atoms with van der Waals surface area (Å²) in [6, 6.07) is 0. The number of hydrogen-bond acceptors (Lipinski definition) is 3. The van der Waals surface area contributed by atoms with Gasteiger partial charge >= 0.3 is 6.09 Å². The number of ketones is 1. The van der Waals surface area contributed by atoms with Gasteiger partial charge in [0, 0.05) is 13.0 Å². The molecule has 0 unspecified atom stereocenters. The topological polar surface area (TPSA) is 46.6 Å². The van der Waals surface area contributed by atoms with Crippen molar-refractivity contribution < 1.29 is 14.3 Å². The molecule has 0 aromatic heterocycles. The minimum Gasteiger partial charge on any atom is -0.453 e. The summed E-state index contributed by atoms with van der Waals surface area (Å²) in [5.41, 5.74) is -0.568. The SMILES string of the molecule is COC(=O)N(C)C1(C(=O)C(C)C)CC1. The molecule has 0 aromatic rings. The molecule has 1 rings (SSSR count). The second kappa shape index (κ2) is 3.59. The fourth-order valence-electron chi connectivity index (χ4n) is 1.71. The Balaban J connectivity index is 2.76. The first kappa shape index (κ1) is 11.0. The monoisotopic (exact) mass is 199 g/mol. The number of ether oxygens (including phenoxy) is 1. The highest BCUT2D eigenvalue weighted by atomic mass is 16.5. The van der Waals surface area contributed by atoms with Crippen molar-refractivity contribution >= 4 is 11.9 Å². The zero-order valence-corrected chi connectivity index (χ0v) is 9.16. The van der Waals surface area contributed by atoms with E-state index in [0.29, 0.717) is 0 Å². The van der Waals surface area contributed by atoms with Crippen molar-refractivity contribution in [1.29, 1.82) is 0 Å².